The molecule has 4 nitrogen and oxygen atoms in total. The quantitative estimate of drug-likeness (QED) is 0.621. The van der Waals surface area contributed by atoms with Crippen molar-refractivity contribution in [1.82, 2.24) is 5.32 Å². The van der Waals surface area contributed by atoms with E-state index in [1.54, 1.807) is 0 Å². The molecule has 2 N–H and O–H groups in total. The minimum atomic E-state index is -4.35. The highest BCUT2D eigenvalue weighted by molar-refractivity contribution is 5.75. The van der Waals surface area contributed by atoms with Crippen LogP contribution in [0, 0.1) is 0 Å². The average Bonchev–Trinajstić information content (AvgIpc) is 2.18. The number of ether oxygens (including phenoxy) is 1. The maximum absolute atomic E-state index is 11.6. The maximum Gasteiger partial charge on any atom is 0.411 e. The first-order chi connectivity index (χ1) is 7.45. The van der Waals surface area contributed by atoms with Crippen LogP contribution in [0.5, 0.6) is 0 Å². The van der Waals surface area contributed by atoms with Gasteiger partial charge in [0.25, 0.3) is 0 Å². The van der Waals surface area contributed by atoms with Crippen LogP contribution in [0.1, 0.15) is 19.3 Å². The molecule has 0 radical (unpaired) electrons. The fourth-order valence-electron chi connectivity index (χ4n) is 0.906. The topological polar surface area (TPSA) is 58.6 Å². The molecule has 1 amide bonds. The summed E-state index contributed by atoms with van der Waals surface area (Å²) in [4.78, 5) is 11.0. The molecular formula is C9H16F3NO3. The summed E-state index contributed by atoms with van der Waals surface area (Å²) in [5.41, 5.74) is 0. The second kappa shape index (κ2) is 8.35. The van der Waals surface area contributed by atoms with E-state index in [-0.39, 0.29) is 25.5 Å². The Bertz CT molecular complexity index is 197. The van der Waals surface area contributed by atoms with Gasteiger partial charge in [-0.3, -0.25) is 4.79 Å². The number of carbonyl (C=O) groups is 1. The van der Waals surface area contributed by atoms with Crippen molar-refractivity contribution in [1.29, 1.82) is 0 Å². The standard InChI is InChI=1S/C9H16F3NO3/c10-9(11,12)7-16-6-3-8(15)13-4-1-2-5-14/h14H,1-7H2,(H,13,15). The van der Waals surface area contributed by atoms with Crippen molar-refractivity contribution >= 4 is 5.91 Å². The lowest BCUT2D eigenvalue weighted by Crippen LogP contribution is -2.26. The van der Waals surface area contributed by atoms with Crippen LogP contribution in [0.3, 0.4) is 0 Å². The van der Waals surface area contributed by atoms with Gasteiger partial charge in [-0.05, 0) is 12.8 Å². The fraction of sp³-hybridized carbons (Fsp3) is 0.889. The van der Waals surface area contributed by atoms with E-state index < -0.39 is 12.8 Å². The van der Waals surface area contributed by atoms with Crippen molar-refractivity contribution < 1.29 is 27.8 Å². The number of carbonyl (C=O) groups excluding carboxylic acids is 1. The monoisotopic (exact) mass is 243 g/mol. The van der Waals surface area contributed by atoms with Crippen LogP contribution < -0.4 is 5.32 Å². The van der Waals surface area contributed by atoms with Gasteiger partial charge in [-0.1, -0.05) is 0 Å². The number of aliphatic hydroxyl groups is 1. The molecule has 0 saturated carbocycles. The molecule has 0 fully saturated rings. The third-order valence-electron chi connectivity index (χ3n) is 1.65. The molecule has 0 aliphatic heterocycles. The molecule has 0 spiro atoms. The summed E-state index contributed by atoms with van der Waals surface area (Å²) in [5, 5.41) is 10.9. The Balaban J connectivity index is 3.31. The number of aliphatic hydroxyl groups excluding tert-OH is 1. The zero-order valence-corrected chi connectivity index (χ0v) is 8.85. The van der Waals surface area contributed by atoms with Crippen molar-refractivity contribution in [3.63, 3.8) is 0 Å². The molecule has 0 bridgehead atoms. The summed E-state index contributed by atoms with van der Waals surface area (Å²) in [6, 6.07) is 0. The summed E-state index contributed by atoms with van der Waals surface area (Å²) < 4.78 is 39.1. The Morgan fingerprint density at radius 1 is 1.31 bits per heavy atom. The summed E-state index contributed by atoms with van der Waals surface area (Å²) in [7, 11) is 0. The molecule has 0 heterocycles. The lowest BCUT2D eigenvalue weighted by molar-refractivity contribution is -0.174. The number of nitrogens with one attached hydrogen (secondary N) is 1. The number of hydrogen-bond donors (Lipinski definition) is 2. The lowest BCUT2D eigenvalue weighted by Gasteiger charge is -2.07. The highest BCUT2D eigenvalue weighted by Gasteiger charge is 2.27. The molecule has 0 rings (SSSR count). The molecule has 0 saturated heterocycles. The van der Waals surface area contributed by atoms with Crippen LogP contribution in [0.2, 0.25) is 0 Å². The van der Waals surface area contributed by atoms with Crippen LogP contribution in [0.25, 0.3) is 0 Å². The predicted molar refractivity (Wildman–Crippen MR) is 50.8 cm³/mol. The Morgan fingerprint density at radius 3 is 2.56 bits per heavy atom. The smallest absolute Gasteiger partial charge is 0.396 e. The molecule has 96 valence electrons. The third-order valence-corrected chi connectivity index (χ3v) is 1.65. The van der Waals surface area contributed by atoms with Crippen LogP contribution in [-0.4, -0.2) is 43.6 Å². The first kappa shape index (κ1) is 15.2. The highest BCUT2D eigenvalue weighted by Crippen LogP contribution is 2.14. The Morgan fingerprint density at radius 2 is 2.00 bits per heavy atom. The van der Waals surface area contributed by atoms with Crippen molar-refractivity contribution in [2.75, 3.05) is 26.4 Å². The van der Waals surface area contributed by atoms with Crippen molar-refractivity contribution in [3.05, 3.63) is 0 Å². The molecule has 0 unspecified atom stereocenters. The third kappa shape index (κ3) is 11.3. The zero-order chi connectivity index (χ0) is 12.4. The number of amides is 1. The minimum absolute atomic E-state index is 0.0601. The first-order valence-corrected chi connectivity index (χ1v) is 4.98. The van der Waals surface area contributed by atoms with E-state index in [4.69, 9.17) is 5.11 Å². The fourth-order valence-corrected chi connectivity index (χ4v) is 0.906. The largest absolute Gasteiger partial charge is 0.411 e. The van der Waals surface area contributed by atoms with Gasteiger partial charge in [0.1, 0.15) is 6.61 Å². The zero-order valence-electron chi connectivity index (χ0n) is 8.85. The Hall–Kier alpha value is -0.820. The van der Waals surface area contributed by atoms with Gasteiger partial charge >= 0.3 is 6.18 Å². The van der Waals surface area contributed by atoms with Gasteiger partial charge < -0.3 is 15.2 Å². The van der Waals surface area contributed by atoms with E-state index in [1.165, 1.54) is 0 Å². The van der Waals surface area contributed by atoms with Gasteiger partial charge in [-0.15, -0.1) is 0 Å². The van der Waals surface area contributed by atoms with Gasteiger partial charge in [-0.2, -0.15) is 13.2 Å². The minimum Gasteiger partial charge on any atom is -0.396 e. The second-order valence-corrected chi connectivity index (χ2v) is 3.20. The van der Waals surface area contributed by atoms with E-state index >= 15 is 0 Å². The van der Waals surface area contributed by atoms with E-state index in [1.807, 2.05) is 0 Å². The van der Waals surface area contributed by atoms with Crippen molar-refractivity contribution in [2.24, 2.45) is 0 Å². The molecule has 0 aromatic carbocycles. The van der Waals surface area contributed by atoms with Gasteiger partial charge in [0.05, 0.1) is 6.61 Å². The molecular weight excluding hydrogens is 227 g/mol. The summed E-state index contributed by atoms with van der Waals surface area (Å²) >= 11 is 0. The van der Waals surface area contributed by atoms with Crippen LogP contribution in [0.15, 0.2) is 0 Å². The number of hydrogen-bond acceptors (Lipinski definition) is 3. The van der Waals surface area contributed by atoms with Gasteiger partial charge in [0.15, 0.2) is 0 Å². The first-order valence-electron chi connectivity index (χ1n) is 4.98. The Kier molecular flexibility index (Phi) is 7.92. The number of unbranched alkanes of at least 4 members (excludes halogenated alkanes) is 1. The van der Waals surface area contributed by atoms with Gasteiger partial charge in [0, 0.05) is 19.6 Å². The van der Waals surface area contributed by atoms with Crippen LogP contribution >= 0.6 is 0 Å². The normalized spacial score (nSPS) is 11.5. The summed E-state index contributed by atoms with van der Waals surface area (Å²) in [6.45, 7) is -1.10. The Labute approximate surface area is 91.8 Å². The van der Waals surface area contributed by atoms with E-state index in [0.29, 0.717) is 19.4 Å². The van der Waals surface area contributed by atoms with Crippen LogP contribution in [-0.2, 0) is 9.53 Å². The lowest BCUT2D eigenvalue weighted by atomic mass is 10.3. The number of halogens is 3. The van der Waals surface area contributed by atoms with Crippen molar-refractivity contribution in [3.8, 4) is 0 Å². The SMILES string of the molecule is O=C(CCOCC(F)(F)F)NCCCCO. The van der Waals surface area contributed by atoms with Gasteiger partial charge in [-0.25, -0.2) is 0 Å². The molecule has 7 heteroatoms. The summed E-state index contributed by atoms with van der Waals surface area (Å²) in [6.07, 6.45) is -3.21. The summed E-state index contributed by atoms with van der Waals surface area (Å²) in [5.74, 6) is -0.347. The molecule has 0 atom stereocenters. The number of alkyl halides is 3. The maximum atomic E-state index is 11.6. The molecule has 0 aromatic heterocycles. The molecule has 0 aliphatic rings. The molecule has 16 heavy (non-hydrogen) atoms. The van der Waals surface area contributed by atoms with E-state index in [0.717, 1.165) is 0 Å². The second-order valence-electron chi connectivity index (χ2n) is 3.20. The van der Waals surface area contributed by atoms with E-state index in [9.17, 15) is 18.0 Å². The van der Waals surface area contributed by atoms with E-state index in [2.05, 4.69) is 10.1 Å². The molecule has 0 aliphatic carbocycles. The van der Waals surface area contributed by atoms with Gasteiger partial charge in [0.2, 0.25) is 5.91 Å². The number of rotatable bonds is 8. The molecule has 0 aromatic rings. The average molecular weight is 243 g/mol. The predicted octanol–water partition coefficient (Wildman–Crippen LogP) is 0.844. The highest BCUT2D eigenvalue weighted by atomic mass is 19.4. The van der Waals surface area contributed by atoms with Crippen molar-refractivity contribution in [2.45, 2.75) is 25.4 Å². The van der Waals surface area contributed by atoms with Crippen LogP contribution in [0.4, 0.5) is 13.2 Å².